The Labute approximate surface area is 190 Å². The van der Waals surface area contributed by atoms with Gasteiger partial charge in [0.05, 0.1) is 18.2 Å². The number of guanidine groups is 1. The zero-order valence-electron chi connectivity index (χ0n) is 17.1. The zero-order chi connectivity index (χ0) is 19.8. The first-order chi connectivity index (χ1) is 13.7. The lowest BCUT2D eigenvalue weighted by atomic mass is 10.1. The van der Waals surface area contributed by atoms with Crippen molar-refractivity contribution in [3.63, 3.8) is 0 Å². The number of hydrogen-bond donors (Lipinski definition) is 2. The van der Waals surface area contributed by atoms with Crippen molar-refractivity contribution >= 4 is 35.8 Å². The molecule has 6 nitrogen and oxygen atoms in total. The van der Waals surface area contributed by atoms with Crippen molar-refractivity contribution in [2.45, 2.75) is 39.3 Å². The van der Waals surface area contributed by atoms with E-state index in [9.17, 15) is 0 Å². The van der Waals surface area contributed by atoms with Crippen molar-refractivity contribution in [3.8, 4) is 6.07 Å². The SMILES string of the molecule is CCNC(=NCc1cccc(C#N)c1)NC1CCN(c2cccc(C)n2)CC1.I. The topological polar surface area (TPSA) is 76.3 Å². The average Bonchev–Trinajstić information content (AvgIpc) is 2.73. The number of halogens is 1. The maximum atomic E-state index is 9.04. The van der Waals surface area contributed by atoms with E-state index in [2.05, 4.69) is 45.6 Å². The molecule has 0 bridgehead atoms. The van der Waals surface area contributed by atoms with Gasteiger partial charge in [-0.2, -0.15) is 5.26 Å². The van der Waals surface area contributed by atoms with Crippen molar-refractivity contribution in [3.05, 3.63) is 59.3 Å². The van der Waals surface area contributed by atoms with Gasteiger partial charge in [0, 0.05) is 31.4 Å². The molecule has 154 valence electrons. The fraction of sp³-hybridized carbons (Fsp3) is 0.409. The normalized spacial score (nSPS) is 14.7. The van der Waals surface area contributed by atoms with Crippen LogP contribution in [-0.2, 0) is 6.54 Å². The Hall–Kier alpha value is -2.34. The predicted octanol–water partition coefficient (Wildman–Crippen LogP) is 3.60. The molecule has 0 saturated carbocycles. The molecule has 1 aromatic carbocycles. The number of benzene rings is 1. The van der Waals surface area contributed by atoms with Gasteiger partial charge in [0.15, 0.2) is 5.96 Å². The van der Waals surface area contributed by atoms with E-state index in [1.807, 2.05) is 37.3 Å². The monoisotopic (exact) mass is 504 g/mol. The van der Waals surface area contributed by atoms with Crippen LogP contribution in [0.1, 0.15) is 36.6 Å². The first-order valence-corrected chi connectivity index (χ1v) is 9.90. The Kier molecular flexibility index (Phi) is 9.19. The molecule has 7 heteroatoms. The van der Waals surface area contributed by atoms with E-state index in [0.717, 1.165) is 55.5 Å². The second-order valence-electron chi connectivity index (χ2n) is 7.05. The van der Waals surface area contributed by atoms with Crippen molar-refractivity contribution in [2.75, 3.05) is 24.5 Å². The largest absolute Gasteiger partial charge is 0.357 e. The molecule has 0 amide bonds. The van der Waals surface area contributed by atoms with Gasteiger partial charge in [0.1, 0.15) is 5.82 Å². The van der Waals surface area contributed by atoms with Crippen LogP contribution in [0.15, 0.2) is 47.5 Å². The standard InChI is InChI=1S/C22H28N6.HI/c1-3-24-22(25-16-19-8-5-7-18(14-19)15-23)27-20-10-12-28(13-11-20)21-9-4-6-17(2)26-21;/h4-9,14,20H,3,10-13,16H2,1-2H3,(H2,24,25,27);1H. The van der Waals surface area contributed by atoms with Crippen molar-refractivity contribution in [2.24, 2.45) is 4.99 Å². The van der Waals surface area contributed by atoms with Crippen LogP contribution in [0, 0.1) is 18.3 Å². The highest BCUT2D eigenvalue weighted by Gasteiger charge is 2.20. The summed E-state index contributed by atoms with van der Waals surface area (Å²) in [6.45, 7) is 7.44. The van der Waals surface area contributed by atoms with Gasteiger partial charge < -0.3 is 15.5 Å². The highest BCUT2D eigenvalue weighted by molar-refractivity contribution is 14.0. The maximum absolute atomic E-state index is 9.04. The molecule has 0 spiro atoms. The van der Waals surface area contributed by atoms with E-state index in [0.29, 0.717) is 18.2 Å². The minimum Gasteiger partial charge on any atom is -0.357 e. The Morgan fingerprint density at radius 1 is 1.24 bits per heavy atom. The number of aromatic nitrogens is 1. The lowest BCUT2D eigenvalue weighted by Crippen LogP contribution is -2.48. The summed E-state index contributed by atoms with van der Waals surface area (Å²) in [6.07, 6.45) is 2.09. The zero-order valence-corrected chi connectivity index (χ0v) is 19.4. The first-order valence-electron chi connectivity index (χ1n) is 9.90. The molecule has 1 aliphatic heterocycles. The molecule has 3 rings (SSSR count). The molecule has 1 aromatic heterocycles. The third-order valence-corrected chi connectivity index (χ3v) is 4.85. The molecule has 1 fully saturated rings. The lowest BCUT2D eigenvalue weighted by molar-refractivity contribution is 0.459. The molecule has 0 radical (unpaired) electrons. The number of nitriles is 1. The van der Waals surface area contributed by atoms with Crippen LogP contribution in [0.2, 0.25) is 0 Å². The van der Waals surface area contributed by atoms with Crippen LogP contribution in [0.25, 0.3) is 0 Å². The quantitative estimate of drug-likeness (QED) is 0.370. The smallest absolute Gasteiger partial charge is 0.191 e. The molecular weight excluding hydrogens is 475 g/mol. The summed E-state index contributed by atoms with van der Waals surface area (Å²) in [4.78, 5) is 11.7. The lowest BCUT2D eigenvalue weighted by Gasteiger charge is -2.34. The van der Waals surface area contributed by atoms with E-state index in [4.69, 9.17) is 10.3 Å². The van der Waals surface area contributed by atoms with Crippen LogP contribution in [0.4, 0.5) is 5.82 Å². The summed E-state index contributed by atoms with van der Waals surface area (Å²) in [5.41, 5.74) is 2.76. The van der Waals surface area contributed by atoms with Gasteiger partial charge in [-0.1, -0.05) is 18.2 Å². The number of pyridine rings is 1. The van der Waals surface area contributed by atoms with Crippen LogP contribution in [0.5, 0.6) is 0 Å². The van der Waals surface area contributed by atoms with Crippen LogP contribution < -0.4 is 15.5 Å². The summed E-state index contributed by atoms with van der Waals surface area (Å²) < 4.78 is 0. The Bertz CT molecular complexity index is 852. The van der Waals surface area contributed by atoms with Crippen molar-refractivity contribution in [1.29, 1.82) is 5.26 Å². The Morgan fingerprint density at radius 2 is 2.00 bits per heavy atom. The summed E-state index contributed by atoms with van der Waals surface area (Å²) >= 11 is 0. The van der Waals surface area contributed by atoms with Gasteiger partial charge in [-0.25, -0.2) is 9.98 Å². The fourth-order valence-electron chi connectivity index (χ4n) is 3.38. The van der Waals surface area contributed by atoms with E-state index in [-0.39, 0.29) is 24.0 Å². The number of piperidine rings is 1. The highest BCUT2D eigenvalue weighted by Crippen LogP contribution is 2.18. The average molecular weight is 504 g/mol. The summed E-state index contributed by atoms with van der Waals surface area (Å²) in [5, 5.41) is 15.9. The fourth-order valence-corrected chi connectivity index (χ4v) is 3.38. The van der Waals surface area contributed by atoms with E-state index >= 15 is 0 Å². The van der Waals surface area contributed by atoms with E-state index < -0.39 is 0 Å². The molecular formula is C22H29IN6. The molecule has 2 aromatic rings. The molecule has 0 atom stereocenters. The van der Waals surface area contributed by atoms with Crippen LogP contribution in [-0.4, -0.2) is 36.6 Å². The molecule has 2 heterocycles. The van der Waals surface area contributed by atoms with Crippen LogP contribution >= 0.6 is 24.0 Å². The number of anilines is 1. The summed E-state index contributed by atoms with van der Waals surface area (Å²) in [5.74, 6) is 1.90. The number of hydrogen-bond acceptors (Lipinski definition) is 4. The molecule has 29 heavy (non-hydrogen) atoms. The number of nitrogens with zero attached hydrogens (tertiary/aromatic N) is 4. The van der Waals surface area contributed by atoms with Crippen molar-refractivity contribution in [1.82, 2.24) is 15.6 Å². The van der Waals surface area contributed by atoms with Gasteiger partial charge in [0.25, 0.3) is 0 Å². The number of aliphatic imine (C=N–C) groups is 1. The molecule has 1 saturated heterocycles. The minimum atomic E-state index is 0. The summed E-state index contributed by atoms with van der Waals surface area (Å²) in [6, 6.07) is 16.4. The second kappa shape index (κ2) is 11.6. The third kappa shape index (κ3) is 6.89. The summed E-state index contributed by atoms with van der Waals surface area (Å²) in [7, 11) is 0. The van der Waals surface area contributed by atoms with E-state index in [1.54, 1.807) is 0 Å². The predicted molar refractivity (Wildman–Crippen MR) is 129 cm³/mol. The first kappa shape index (κ1) is 22.9. The Balaban J connectivity index is 0.00000300. The number of aryl methyl sites for hydroxylation is 1. The van der Waals surface area contributed by atoms with Gasteiger partial charge in [-0.15, -0.1) is 24.0 Å². The van der Waals surface area contributed by atoms with Crippen LogP contribution in [0.3, 0.4) is 0 Å². The Morgan fingerprint density at radius 3 is 2.69 bits per heavy atom. The van der Waals surface area contributed by atoms with Crippen molar-refractivity contribution < 1.29 is 0 Å². The minimum absolute atomic E-state index is 0. The highest BCUT2D eigenvalue weighted by atomic mass is 127. The van der Waals surface area contributed by atoms with Gasteiger partial charge in [-0.3, -0.25) is 0 Å². The van der Waals surface area contributed by atoms with Gasteiger partial charge in [0.2, 0.25) is 0 Å². The second-order valence-corrected chi connectivity index (χ2v) is 7.05. The maximum Gasteiger partial charge on any atom is 0.191 e. The third-order valence-electron chi connectivity index (χ3n) is 4.85. The molecule has 1 aliphatic rings. The van der Waals surface area contributed by atoms with Gasteiger partial charge >= 0.3 is 0 Å². The van der Waals surface area contributed by atoms with E-state index in [1.165, 1.54) is 0 Å². The molecule has 0 unspecified atom stereocenters. The molecule has 2 N–H and O–H groups in total. The van der Waals surface area contributed by atoms with Gasteiger partial charge in [-0.05, 0) is 56.5 Å². The molecule has 0 aliphatic carbocycles. The number of rotatable bonds is 5. The number of nitrogens with one attached hydrogen (secondary N) is 2.